The number of benzene rings is 2. The van der Waals surface area contributed by atoms with Gasteiger partial charge in [0.05, 0.1) is 13.0 Å². The third-order valence-electron chi connectivity index (χ3n) is 5.79. The highest BCUT2D eigenvalue weighted by molar-refractivity contribution is 8.00. The summed E-state index contributed by atoms with van der Waals surface area (Å²) < 4.78 is 5.39. The molecule has 0 spiro atoms. The van der Waals surface area contributed by atoms with Crippen molar-refractivity contribution in [3.05, 3.63) is 65.2 Å². The van der Waals surface area contributed by atoms with E-state index in [1.165, 1.54) is 27.2 Å². The normalized spacial score (nSPS) is 23.8. The molecule has 4 rings (SSSR count). The zero-order valence-corrected chi connectivity index (χ0v) is 16.6. The third-order valence-corrected chi connectivity index (χ3v) is 7.26. The Balaban J connectivity index is 1.69. The van der Waals surface area contributed by atoms with Crippen LogP contribution in [-0.4, -0.2) is 18.3 Å². The van der Waals surface area contributed by atoms with Gasteiger partial charge in [0.25, 0.3) is 0 Å². The lowest BCUT2D eigenvalue weighted by atomic mass is 9.71. The summed E-state index contributed by atoms with van der Waals surface area (Å²) in [5.41, 5.74) is 11.1. The van der Waals surface area contributed by atoms with Gasteiger partial charge >= 0.3 is 0 Å². The van der Waals surface area contributed by atoms with Crippen LogP contribution in [0.2, 0.25) is 0 Å². The molecule has 3 nitrogen and oxygen atoms in total. The number of thioether (sulfide) groups is 1. The molecule has 27 heavy (non-hydrogen) atoms. The molecule has 4 heteroatoms. The highest BCUT2D eigenvalue weighted by atomic mass is 32.2. The van der Waals surface area contributed by atoms with Gasteiger partial charge < -0.3 is 10.5 Å². The maximum atomic E-state index is 12.2. The molecule has 2 aliphatic carbocycles. The molecule has 0 aliphatic heterocycles. The molecule has 3 atom stereocenters. The number of rotatable bonds is 4. The maximum Gasteiger partial charge on any atom is 0.221 e. The number of carbonyl (C=O) groups excluding carboxylic acids is 1. The Kier molecular flexibility index (Phi) is 5.00. The minimum atomic E-state index is -0.185. The van der Waals surface area contributed by atoms with E-state index in [9.17, 15) is 4.79 Å². The van der Waals surface area contributed by atoms with Gasteiger partial charge in [-0.3, -0.25) is 4.79 Å². The van der Waals surface area contributed by atoms with Gasteiger partial charge in [-0.1, -0.05) is 29.8 Å². The summed E-state index contributed by atoms with van der Waals surface area (Å²) >= 11 is 1.81. The zero-order chi connectivity index (χ0) is 19.0. The quantitative estimate of drug-likeness (QED) is 0.844. The van der Waals surface area contributed by atoms with Crippen molar-refractivity contribution >= 4 is 23.2 Å². The van der Waals surface area contributed by atoms with Gasteiger partial charge in [-0.2, -0.15) is 0 Å². The Hall–Kier alpha value is -2.20. The van der Waals surface area contributed by atoms with Crippen molar-refractivity contribution in [2.24, 2.45) is 17.6 Å². The minimum absolute atomic E-state index is 0.121. The fourth-order valence-electron chi connectivity index (χ4n) is 4.34. The van der Waals surface area contributed by atoms with E-state index in [0.717, 1.165) is 25.0 Å². The zero-order valence-electron chi connectivity index (χ0n) is 15.8. The second-order valence-corrected chi connectivity index (χ2v) is 8.72. The molecule has 2 aromatic rings. The molecule has 0 saturated heterocycles. The smallest absolute Gasteiger partial charge is 0.221 e. The average Bonchev–Trinajstić information content (AvgIpc) is 2.68. The minimum Gasteiger partial charge on any atom is -0.497 e. The molecule has 0 unspecified atom stereocenters. The van der Waals surface area contributed by atoms with Crippen LogP contribution in [-0.2, 0) is 11.2 Å². The van der Waals surface area contributed by atoms with E-state index in [2.05, 4.69) is 49.4 Å². The monoisotopic (exact) mass is 379 g/mol. The molecular weight excluding hydrogens is 354 g/mol. The second kappa shape index (κ2) is 7.43. The highest BCUT2D eigenvalue weighted by Crippen LogP contribution is 2.49. The summed E-state index contributed by atoms with van der Waals surface area (Å²) in [7, 11) is 1.71. The van der Waals surface area contributed by atoms with Crippen molar-refractivity contribution in [3.8, 4) is 5.75 Å². The Labute approximate surface area is 165 Å². The first kappa shape index (κ1) is 18.2. The van der Waals surface area contributed by atoms with E-state index in [0.29, 0.717) is 5.92 Å². The lowest BCUT2D eigenvalue weighted by Crippen LogP contribution is -2.40. The summed E-state index contributed by atoms with van der Waals surface area (Å²) in [4.78, 5) is 13.4. The number of hydrogen-bond acceptors (Lipinski definition) is 3. The van der Waals surface area contributed by atoms with Gasteiger partial charge in [0.1, 0.15) is 5.75 Å². The number of nitrogens with two attached hydrogens (primary N) is 1. The Morgan fingerprint density at radius 2 is 1.96 bits per heavy atom. The van der Waals surface area contributed by atoms with Gasteiger partial charge in [-0.25, -0.2) is 0 Å². The number of carbonyl (C=O) groups is 1. The van der Waals surface area contributed by atoms with Gasteiger partial charge in [-0.15, -0.1) is 11.8 Å². The van der Waals surface area contributed by atoms with Crippen LogP contribution >= 0.6 is 11.8 Å². The number of amides is 1. The molecule has 2 aromatic carbocycles. The summed E-state index contributed by atoms with van der Waals surface area (Å²) in [5.74, 6) is 0.952. The molecule has 2 N–H and O–H groups in total. The van der Waals surface area contributed by atoms with Gasteiger partial charge in [-0.05, 0) is 73.1 Å². The van der Waals surface area contributed by atoms with Gasteiger partial charge in [0.2, 0.25) is 5.91 Å². The SMILES string of the molecule is COc1ccc2c(c1)CC[C@@H]1C2=CC[C@H](C(N)=O)[C@@H]1Sc1ccc(C)cc1. The number of ether oxygens (including phenoxy) is 1. The number of fused-ring (bicyclic) bond motifs is 3. The van der Waals surface area contributed by atoms with Crippen LogP contribution in [0, 0.1) is 18.8 Å². The first-order valence-electron chi connectivity index (χ1n) is 9.47. The molecule has 0 aromatic heterocycles. The van der Waals surface area contributed by atoms with Crippen molar-refractivity contribution < 1.29 is 9.53 Å². The fourth-order valence-corrected chi connectivity index (χ4v) is 5.80. The lowest BCUT2D eigenvalue weighted by molar-refractivity contribution is -0.122. The van der Waals surface area contributed by atoms with Crippen molar-refractivity contribution in [1.82, 2.24) is 0 Å². The third kappa shape index (κ3) is 3.51. The molecule has 0 saturated carbocycles. The molecule has 140 valence electrons. The average molecular weight is 380 g/mol. The van der Waals surface area contributed by atoms with E-state index in [1.54, 1.807) is 7.11 Å². The first-order chi connectivity index (χ1) is 13.1. The van der Waals surface area contributed by atoms with E-state index in [4.69, 9.17) is 10.5 Å². The van der Waals surface area contributed by atoms with Crippen molar-refractivity contribution in [3.63, 3.8) is 0 Å². The predicted octanol–water partition coefficient (Wildman–Crippen LogP) is 4.62. The van der Waals surface area contributed by atoms with Crippen LogP contribution in [0.25, 0.3) is 5.57 Å². The van der Waals surface area contributed by atoms with Gasteiger partial charge in [0, 0.05) is 10.1 Å². The van der Waals surface area contributed by atoms with Crippen molar-refractivity contribution in [2.45, 2.75) is 36.3 Å². The number of primary amides is 1. The second-order valence-electron chi connectivity index (χ2n) is 7.47. The summed E-state index contributed by atoms with van der Waals surface area (Å²) in [6, 6.07) is 14.9. The van der Waals surface area contributed by atoms with Crippen LogP contribution in [0.1, 0.15) is 29.5 Å². The molecule has 2 aliphatic rings. The maximum absolute atomic E-state index is 12.2. The largest absolute Gasteiger partial charge is 0.497 e. The Morgan fingerprint density at radius 3 is 2.67 bits per heavy atom. The van der Waals surface area contributed by atoms with E-state index >= 15 is 0 Å². The molecule has 0 fully saturated rings. The molecule has 0 bridgehead atoms. The van der Waals surface area contributed by atoms with Crippen molar-refractivity contribution in [1.29, 1.82) is 0 Å². The topological polar surface area (TPSA) is 52.3 Å². The number of aryl methyl sites for hydroxylation is 2. The highest BCUT2D eigenvalue weighted by Gasteiger charge is 2.40. The Morgan fingerprint density at radius 1 is 1.19 bits per heavy atom. The number of hydrogen-bond donors (Lipinski definition) is 1. The van der Waals surface area contributed by atoms with Crippen molar-refractivity contribution in [2.75, 3.05) is 7.11 Å². The van der Waals surface area contributed by atoms with E-state index < -0.39 is 0 Å². The van der Waals surface area contributed by atoms with Crippen LogP contribution in [0.15, 0.2) is 53.4 Å². The fraction of sp³-hybridized carbons (Fsp3) is 0.348. The van der Waals surface area contributed by atoms with Gasteiger partial charge in [0.15, 0.2) is 0 Å². The van der Waals surface area contributed by atoms with Crippen LogP contribution in [0.4, 0.5) is 0 Å². The van der Waals surface area contributed by atoms with Crippen LogP contribution < -0.4 is 10.5 Å². The summed E-state index contributed by atoms with van der Waals surface area (Å²) in [6.45, 7) is 2.09. The van der Waals surface area contributed by atoms with E-state index in [-0.39, 0.29) is 17.1 Å². The number of methoxy groups -OCH3 is 1. The predicted molar refractivity (Wildman–Crippen MR) is 111 cm³/mol. The Bertz CT molecular complexity index is 888. The lowest BCUT2D eigenvalue weighted by Gasteiger charge is -2.40. The van der Waals surface area contributed by atoms with Crippen LogP contribution in [0.3, 0.4) is 0 Å². The van der Waals surface area contributed by atoms with E-state index in [1.807, 2.05) is 17.8 Å². The molecule has 0 radical (unpaired) electrons. The standard InChI is InChI=1S/C23H25NO2S/c1-14-3-7-17(8-4-14)27-22-20-9-5-15-13-16(26-2)6-10-18(15)19(20)11-12-21(22)23(24)25/h3-4,6-8,10-11,13,20-22H,5,9,12H2,1-2H3,(H2,24,25)/t20-,21+,22-/m1/s1. The molecule has 1 amide bonds. The summed E-state index contributed by atoms with van der Waals surface area (Å²) in [5, 5.41) is 0.181. The van der Waals surface area contributed by atoms with Crippen LogP contribution in [0.5, 0.6) is 5.75 Å². The molecular formula is C23H25NO2S. The first-order valence-corrected chi connectivity index (χ1v) is 10.3. The molecule has 0 heterocycles. The summed E-state index contributed by atoms with van der Waals surface area (Å²) in [6.07, 6.45) is 5.01. The number of allylic oxidation sites excluding steroid dienone is 2.